The molecule has 7 heteroatoms. The SMILES string of the molecule is CC(C)NC(=O)C(C)NC(=O)N1CCC[C@@H](C(=O)O)C1. The summed E-state index contributed by atoms with van der Waals surface area (Å²) in [7, 11) is 0. The van der Waals surface area contributed by atoms with E-state index >= 15 is 0 Å². The Hall–Kier alpha value is -1.79. The fraction of sp³-hybridized carbons (Fsp3) is 0.769. The second-order valence-electron chi connectivity index (χ2n) is 5.46. The third-order valence-corrected chi connectivity index (χ3v) is 3.22. The van der Waals surface area contributed by atoms with E-state index in [1.807, 2.05) is 13.8 Å². The minimum absolute atomic E-state index is 0.00762. The van der Waals surface area contributed by atoms with Gasteiger partial charge >= 0.3 is 12.0 Å². The lowest BCUT2D eigenvalue weighted by Gasteiger charge is -2.31. The molecule has 3 N–H and O–H groups in total. The first-order chi connectivity index (χ1) is 9.31. The van der Waals surface area contributed by atoms with Crippen LogP contribution in [0.4, 0.5) is 4.79 Å². The van der Waals surface area contributed by atoms with Crippen molar-refractivity contribution in [3.8, 4) is 0 Å². The number of rotatable bonds is 4. The van der Waals surface area contributed by atoms with Crippen LogP contribution in [-0.4, -0.2) is 53.1 Å². The summed E-state index contributed by atoms with van der Waals surface area (Å²) >= 11 is 0. The van der Waals surface area contributed by atoms with E-state index in [4.69, 9.17) is 5.11 Å². The van der Waals surface area contributed by atoms with Gasteiger partial charge in [0.25, 0.3) is 0 Å². The second-order valence-corrected chi connectivity index (χ2v) is 5.46. The van der Waals surface area contributed by atoms with Crippen molar-refractivity contribution in [2.24, 2.45) is 5.92 Å². The molecule has 0 saturated carbocycles. The van der Waals surface area contributed by atoms with Gasteiger partial charge in [-0.3, -0.25) is 9.59 Å². The molecule has 0 aromatic heterocycles. The molecule has 2 atom stereocenters. The largest absolute Gasteiger partial charge is 0.481 e. The summed E-state index contributed by atoms with van der Waals surface area (Å²) in [6, 6.07) is -1.02. The van der Waals surface area contributed by atoms with Crippen molar-refractivity contribution in [2.75, 3.05) is 13.1 Å². The molecule has 1 aliphatic heterocycles. The van der Waals surface area contributed by atoms with Gasteiger partial charge in [-0.05, 0) is 33.6 Å². The van der Waals surface area contributed by atoms with Crippen molar-refractivity contribution in [1.29, 1.82) is 0 Å². The van der Waals surface area contributed by atoms with Gasteiger partial charge in [-0.15, -0.1) is 0 Å². The normalized spacial score (nSPS) is 20.4. The van der Waals surface area contributed by atoms with Gasteiger partial charge in [-0.25, -0.2) is 4.79 Å². The molecule has 7 nitrogen and oxygen atoms in total. The molecule has 0 aromatic carbocycles. The van der Waals surface area contributed by atoms with Crippen molar-refractivity contribution in [3.63, 3.8) is 0 Å². The van der Waals surface area contributed by atoms with E-state index in [0.717, 1.165) is 0 Å². The molecular weight excluding hydrogens is 262 g/mol. The summed E-state index contributed by atoms with van der Waals surface area (Å²) in [5.74, 6) is -1.65. The molecule has 1 unspecified atom stereocenters. The number of carboxylic acid groups (broad SMARTS) is 1. The molecule has 1 saturated heterocycles. The van der Waals surface area contributed by atoms with Crippen LogP contribution in [0.1, 0.15) is 33.6 Å². The van der Waals surface area contributed by atoms with Crippen LogP contribution in [-0.2, 0) is 9.59 Å². The number of carboxylic acids is 1. The number of nitrogens with one attached hydrogen (secondary N) is 2. The van der Waals surface area contributed by atoms with Crippen LogP contribution in [0.15, 0.2) is 0 Å². The number of carbonyl (C=O) groups excluding carboxylic acids is 2. The maximum Gasteiger partial charge on any atom is 0.318 e. The van der Waals surface area contributed by atoms with Crippen molar-refractivity contribution >= 4 is 17.9 Å². The van der Waals surface area contributed by atoms with Crippen molar-refractivity contribution in [2.45, 2.75) is 45.7 Å². The predicted molar refractivity (Wildman–Crippen MR) is 73.2 cm³/mol. The van der Waals surface area contributed by atoms with Gasteiger partial charge in [0.2, 0.25) is 5.91 Å². The molecule has 3 amide bonds. The standard InChI is InChI=1S/C13H23N3O4/c1-8(2)14-11(17)9(3)15-13(20)16-6-4-5-10(7-16)12(18)19/h8-10H,4-7H2,1-3H3,(H,14,17)(H,15,20)(H,18,19)/t9?,10-/m1/s1. The van der Waals surface area contributed by atoms with Crippen LogP contribution in [0.2, 0.25) is 0 Å². The Balaban J connectivity index is 2.49. The molecule has 114 valence electrons. The number of hydrogen-bond acceptors (Lipinski definition) is 3. The molecule has 1 heterocycles. The number of amides is 3. The molecule has 0 aliphatic carbocycles. The Morgan fingerprint density at radius 1 is 1.20 bits per heavy atom. The number of nitrogens with zero attached hydrogens (tertiary/aromatic N) is 1. The monoisotopic (exact) mass is 285 g/mol. The highest BCUT2D eigenvalue weighted by Crippen LogP contribution is 2.16. The quantitative estimate of drug-likeness (QED) is 0.696. The fourth-order valence-corrected chi connectivity index (χ4v) is 2.11. The molecule has 0 radical (unpaired) electrons. The summed E-state index contributed by atoms with van der Waals surface area (Å²) < 4.78 is 0. The zero-order chi connectivity index (χ0) is 15.3. The van der Waals surface area contributed by atoms with E-state index in [1.165, 1.54) is 4.90 Å². The molecule has 1 fully saturated rings. The minimum Gasteiger partial charge on any atom is -0.481 e. The molecule has 1 rings (SSSR count). The van der Waals surface area contributed by atoms with Gasteiger partial charge in [0.1, 0.15) is 6.04 Å². The van der Waals surface area contributed by atoms with Gasteiger partial charge in [0, 0.05) is 19.1 Å². The zero-order valence-corrected chi connectivity index (χ0v) is 12.2. The first-order valence-corrected chi connectivity index (χ1v) is 6.90. The Bertz CT molecular complexity index is 384. The summed E-state index contributed by atoms with van der Waals surface area (Å²) in [6.07, 6.45) is 1.25. The van der Waals surface area contributed by atoms with Gasteiger partial charge in [0.05, 0.1) is 5.92 Å². The molecule has 0 spiro atoms. The Labute approximate surface area is 118 Å². The zero-order valence-electron chi connectivity index (χ0n) is 12.2. The summed E-state index contributed by atoms with van der Waals surface area (Å²) in [5, 5.41) is 14.3. The molecular formula is C13H23N3O4. The Morgan fingerprint density at radius 3 is 2.40 bits per heavy atom. The van der Waals surface area contributed by atoms with Crippen LogP contribution < -0.4 is 10.6 Å². The van der Waals surface area contributed by atoms with Crippen LogP contribution in [0.3, 0.4) is 0 Å². The van der Waals surface area contributed by atoms with Gasteiger partial charge < -0.3 is 20.6 Å². The summed E-state index contributed by atoms with van der Waals surface area (Å²) in [5.41, 5.74) is 0. The summed E-state index contributed by atoms with van der Waals surface area (Å²) in [4.78, 5) is 36.1. The van der Waals surface area contributed by atoms with E-state index < -0.39 is 17.9 Å². The minimum atomic E-state index is -0.881. The van der Waals surface area contributed by atoms with E-state index in [2.05, 4.69) is 10.6 Å². The lowest BCUT2D eigenvalue weighted by molar-refractivity contribution is -0.143. The van der Waals surface area contributed by atoms with Crippen LogP contribution in [0, 0.1) is 5.92 Å². The highest BCUT2D eigenvalue weighted by atomic mass is 16.4. The van der Waals surface area contributed by atoms with Gasteiger partial charge in [0.15, 0.2) is 0 Å². The third-order valence-electron chi connectivity index (χ3n) is 3.22. The van der Waals surface area contributed by atoms with Crippen molar-refractivity contribution < 1.29 is 19.5 Å². The van der Waals surface area contributed by atoms with Gasteiger partial charge in [-0.1, -0.05) is 0 Å². The highest BCUT2D eigenvalue weighted by molar-refractivity contribution is 5.87. The predicted octanol–water partition coefficient (Wildman–Crippen LogP) is 0.406. The lowest BCUT2D eigenvalue weighted by Crippen LogP contribution is -2.53. The highest BCUT2D eigenvalue weighted by Gasteiger charge is 2.29. The topological polar surface area (TPSA) is 98.7 Å². The van der Waals surface area contributed by atoms with Crippen molar-refractivity contribution in [1.82, 2.24) is 15.5 Å². The molecule has 0 bridgehead atoms. The first kappa shape index (κ1) is 16.3. The number of piperidine rings is 1. The van der Waals surface area contributed by atoms with Gasteiger partial charge in [-0.2, -0.15) is 0 Å². The van der Waals surface area contributed by atoms with E-state index in [-0.39, 0.29) is 24.5 Å². The van der Waals surface area contributed by atoms with E-state index in [9.17, 15) is 14.4 Å². The third kappa shape index (κ3) is 4.71. The molecule has 20 heavy (non-hydrogen) atoms. The average molecular weight is 285 g/mol. The average Bonchev–Trinajstić information content (AvgIpc) is 2.37. The van der Waals surface area contributed by atoms with Crippen LogP contribution >= 0.6 is 0 Å². The van der Waals surface area contributed by atoms with Crippen LogP contribution in [0.5, 0.6) is 0 Å². The van der Waals surface area contributed by atoms with E-state index in [1.54, 1.807) is 6.92 Å². The van der Waals surface area contributed by atoms with E-state index in [0.29, 0.717) is 19.4 Å². The second kappa shape index (κ2) is 7.12. The Kier molecular flexibility index (Phi) is 5.79. The number of likely N-dealkylation sites (tertiary alicyclic amines) is 1. The molecule has 0 aromatic rings. The smallest absolute Gasteiger partial charge is 0.318 e. The number of urea groups is 1. The maximum absolute atomic E-state index is 12.0. The maximum atomic E-state index is 12.0. The Morgan fingerprint density at radius 2 is 1.85 bits per heavy atom. The lowest BCUT2D eigenvalue weighted by atomic mass is 9.99. The number of hydrogen-bond donors (Lipinski definition) is 3. The fourth-order valence-electron chi connectivity index (χ4n) is 2.11. The van der Waals surface area contributed by atoms with Crippen molar-refractivity contribution in [3.05, 3.63) is 0 Å². The van der Waals surface area contributed by atoms with Crippen LogP contribution in [0.25, 0.3) is 0 Å². The summed E-state index contributed by atoms with van der Waals surface area (Å²) in [6.45, 7) is 6.01. The molecule has 1 aliphatic rings. The number of carbonyl (C=O) groups is 3. The number of aliphatic carboxylic acids is 1. The first-order valence-electron chi connectivity index (χ1n) is 6.90.